The number of nitrogens with two attached hydrogens (primary N) is 1. The first-order valence-electron chi connectivity index (χ1n) is 6.39. The average Bonchev–Trinajstić information content (AvgIpc) is 2.26. The summed E-state index contributed by atoms with van der Waals surface area (Å²) in [5, 5.41) is 8.93. The summed E-state index contributed by atoms with van der Waals surface area (Å²) in [5.41, 5.74) is 9.80. The standard InChI is InChI=1S/C15H25NO/c1-11(2)13-7-6-12(3)14(10-13)15(4,16)8-5-9-17/h6-7,10-11,17H,5,8-9,16H2,1-4H3. The molecule has 1 aromatic carbocycles. The van der Waals surface area contributed by atoms with E-state index in [4.69, 9.17) is 10.8 Å². The first-order valence-corrected chi connectivity index (χ1v) is 6.39. The smallest absolute Gasteiger partial charge is 0.0431 e. The molecule has 17 heavy (non-hydrogen) atoms. The fourth-order valence-electron chi connectivity index (χ4n) is 2.19. The predicted octanol–water partition coefficient (Wildman–Crippen LogP) is 3.06. The van der Waals surface area contributed by atoms with Crippen LogP contribution in [0.5, 0.6) is 0 Å². The summed E-state index contributed by atoms with van der Waals surface area (Å²) in [6.45, 7) is 8.74. The second-order valence-corrected chi connectivity index (χ2v) is 5.47. The van der Waals surface area contributed by atoms with Crippen molar-refractivity contribution < 1.29 is 5.11 Å². The van der Waals surface area contributed by atoms with Crippen molar-refractivity contribution in [3.63, 3.8) is 0 Å². The van der Waals surface area contributed by atoms with E-state index in [1.54, 1.807) is 0 Å². The van der Waals surface area contributed by atoms with E-state index in [9.17, 15) is 0 Å². The predicted molar refractivity (Wildman–Crippen MR) is 73.1 cm³/mol. The van der Waals surface area contributed by atoms with Crippen LogP contribution in [-0.2, 0) is 5.54 Å². The molecule has 0 saturated carbocycles. The van der Waals surface area contributed by atoms with Crippen molar-refractivity contribution in [2.24, 2.45) is 5.73 Å². The Bertz CT molecular complexity index is 369. The highest BCUT2D eigenvalue weighted by atomic mass is 16.2. The van der Waals surface area contributed by atoms with E-state index in [1.165, 1.54) is 16.7 Å². The van der Waals surface area contributed by atoms with Crippen LogP contribution in [0.25, 0.3) is 0 Å². The van der Waals surface area contributed by atoms with Crippen LogP contribution in [0.15, 0.2) is 18.2 Å². The van der Waals surface area contributed by atoms with Crippen LogP contribution >= 0.6 is 0 Å². The van der Waals surface area contributed by atoms with Crippen molar-refractivity contribution in [3.8, 4) is 0 Å². The largest absolute Gasteiger partial charge is 0.396 e. The van der Waals surface area contributed by atoms with Crippen molar-refractivity contribution in [2.45, 2.75) is 52.0 Å². The molecule has 2 nitrogen and oxygen atoms in total. The van der Waals surface area contributed by atoms with Crippen LogP contribution < -0.4 is 5.73 Å². The van der Waals surface area contributed by atoms with E-state index in [1.807, 2.05) is 0 Å². The molecule has 0 saturated heterocycles. The molecule has 3 N–H and O–H groups in total. The lowest BCUT2D eigenvalue weighted by Gasteiger charge is -2.28. The van der Waals surface area contributed by atoms with Crippen molar-refractivity contribution >= 4 is 0 Å². The SMILES string of the molecule is Cc1ccc(C(C)C)cc1C(C)(N)CCCO. The van der Waals surface area contributed by atoms with E-state index in [-0.39, 0.29) is 12.1 Å². The number of hydrogen-bond acceptors (Lipinski definition) is 2. The molecule has 0 heterocycles. The molecule has 0 aliphatic carbocycles. The lowest BCUT2D eigenvalue weighted by atomic mass is 9.83. The maximum atomic E-state index is 8.93. The molecule has 0 aliphatic heterocycles. The Kier molecular flexibility index (Phi) is 4.72. The Hall–Kier alpha value is -0.860. The van der Waals surface area contributed by atoms with Gasteiger partial charge in [0.1, 0.15) is 0 Å². The lowest BCUT2D eigenvalue weighted by molar-refractivity contribution is 0.265. The quantitative estimate of drug-likeness (QED) is 0.824. The first-order chi connectivity index (χ1) is 7.88. The van der Waals surface area contributed by atoms with Gasteiger partial charge in [0, 0.05) is 12.1 Å². The van der Waals surface area contributed by atoms with Gasteiger partial charge in [-0.05, 0) is 49.3 Å². The summed E-state index contributed by atoms with van der Waals surface area (Å²) in [7, 11) is 0. The number of rotatable bonds is 5. The Morgan fingerprint density at radius 3 is 2.53 bits per heavy atom. The topological polar surface area (TPSA) is 46.2 Å². The second kappa shape index (κ2) is 5.65. The zero-order chi connectivity index (χ0) is 13.1. The van der Waals surface area contributed by atoms with Gasteiger partial charge in [0.25, 0.3) is 0 Å². The van der Waals surface area contributed by atoms with Crippen molar-refractivity contribution in [1.82, 2.24) is 0 Å². The molecule has 0 aromatic heterocycles. The number of aryl methyl sites for hydroxylation is 1. The summed E-state index contributed by atoms with van der Waals surface area (Å²) in [4.78, 5) is 0. The second-order valence-electron chi connectivity index (χ2n) is 5.47. The number of hydrogen-bond donors (Lipinski definition) is 2. The molecule has 96 valence electrons. The minimum absolute atomic E-state index is 0.204. The molecule has 1 atom stereocenters. The normalized spacial score (nSPS) is 15.0. The summed E-state index contributed by atoms with van der Waals surface area (Å²) in [5.74, 6) is 0.517. The third-order valence-electron chi connectivity index (χ3n) is 3.40. The molecular weight excluding hydrogens is 210 g/mol. The Balaban J connectivity index is 3.06. The van der Waals surface area contributed by atoms with E-state index >= 15 is 0 Å². The maximum Gasteiger partial charge on any atom is 0.0431 e. The molecule has 0 radical (unpaired) electrons. The average molecular weight is 235 g/mol. The zero-order valence-electron chi connectivity index (χ0n) is 11.5. The fraction of sp³-hybridized carbons (Fsp3) is 0.600. The van der Waals surface area contributed by atoms with Gasteiger partial charge < -0.3 is 10.8 Å². The van der Waals surface area contributed by atoms with E-state index in [2.05, 4.69) is 45.9 Å². The van der Waals surface area contributed by atoms with Crippen LogP contribution in [0.3, 0.4) is 0 Å². The van der Waals surface area contributed by atoms with Crippen molar-refractivity contribution in [2.75, 3.05) is 6.61 Å². The first kappa shape index (κ1) is 14.2. The molecule has 0 amide bonds. The Morgan fingerprint density at radius 1 is 1.35 bits per heavy atom. The summed E-state index contributed by atoms with van der Waals surface area (Å²) >= 11 is 0. The van der Waals surface area contributed by atoms with E-state index in [0.717, 1.165) is 12.8 Å². The molecule has 1 aromatic rings. The minimum Gasteiger partial charge on any atom is -0.396 e. The molecule has 0 bridgehead atoms. The zero-order valence-corrected chi connectivity index (χ0v) is 11.5. The van der Waals surface area contributed by atoms with Gasteiger partial charge in [-0.2, -0.15) is 0 Å². The van der Waals surface area contributed by atoms with E-state index < -0.39 is 0 Å². The van der Waals surface area contributed by atoms with Gasteiger partial charge in [0.05, 0.1) is 0 Å². The molecule has 0 spiro atoms. The van der Waals surface area contributed by atoms with Crippen LogP contribution in [-0.4, -0.2) is 11.7 Å². The van der Waals surface area contributed by atoms with Crippen LogP contribution in [0.4, 0.5) is 0 Å². The third-order valence-corrected chi connectivity index (χ3v) is 3.40. The molecule has 1 unspecified atom stereocenters. The van der Waals surface area contributed by atoms with Gasteiger partial charge in [-0.25, -0.2) is 0 Å². The molecular formula is C15H25NO. The lowest BCUT2D eigenvalue weighted by Crippen LogP contribution is -2.34. The highest BCUT2D eigenvalue weighted by Gasteiger charge is 2.23. The van der Waals surface area contributed by atoms with Gasteiger partial charge in [0.2, 0.25) is 0 Å². The van der Waals surface area contributed by atoms with Gasteiger partial charge in [-0.3, -0.25) is 0 Å². The van der Waals surface area contributed by atoms with Crippen LogP contribution in [0.1, 0.15) is 56.2 Å². The summed E-state index contributed by atoms with van der Waals surface area (Å²) in [6.07, 6.45) is 1.56. The monoisotopic (exact) mass is 235 g/mol. The van der Waals surface area contributed by atoms with Crippen LogP contribution in [0.2, 0.25) is 0 Å². The van der Waals surface area contributed by atoms with Gasteiger partial charge in [-0.1, -0.05) is 32.0 Å². The molecule has 0 aliphatic rings. The Labute approximate surface area is 105 Å². The maximum absolute atomic E-state index is 8.93. The summed E-state index contributed by atoms with van der Waals surface area (Å²) in [6, 6.07) is 6.54. The number of benzene rings is 1. The highest BCUT2D eigenvalue weighted by molar-refractivity contribution is 5.37. The molecule has 0 fully saturated rings. The fourth-order valence-corrected chi connectivity index (χ4v) is 2.19. The van der Waals surface area contributed by atoms with Crippen LogP contribution in [0, 0.1) is 6.92 Å². The van der Waals surface area contributed by atoms with Gasteiger partial charge in [0.15, 0.2) is 0 Å². The van der Waals surface area contributed by atoms with Gasteiger partial charge >= 0.3 is 0 Å². The number of aliphatic hydroxyl groups excluding tert-OH is 1. The number of aliphatic hydroxyl groups is 1. The Morgan fingerprint density at radius 2 is 2.00 bits per heavy atom. The minimum atomic E-state index is -0.349. The van der Waals surface area contributed by atoms with Gasteiger partial charge in [-0.15, -0.1) is 0 Å². The molecule has 2 heteroatoms. The summed E-state index contributed by atoms with van der Waals surface area (Å²) < 4.78 is 0. The third kappa shape index (κ3) is 3.55. The van der Waals surface area contributed by atoms with Crippen molar-refractivity contribution in [3.05, 3.63) is 34.9 Å². The highest BCUT2D eigenvalue weighted by Crippen LogP contribution is 2.29. The van der Waals surface area contributed by atoms with Crippen molar-refractivity contribution in [1.29, 1.82) is 0 Å². The molecule has 1 rings (SSSR count). The van der Waals surface area contributed by atoms with E-state index in [0.29, 0.717) is 5.92 Å².